The maximum absolute atomic E-state index is 14.0. The van der Waals surface area contributed by atoms with Crippen LogP contribution in [-0.4, -0.2) is 140 Å². The second kappa shape index (κ2) is 16.8. The van der Waals surface area contributed by atoms with Gasteiger partial charge in [0, 0.05) is 25.4 Å². The van der Waals surface area contributed by atoms with Crippen molar-refractivity contribution in [2.75, 3.05) is 13.7 Å². The molecule has 3 heterocycles. The number of esters is 1. The number of Topliss-reactive ketones (excluding diaryl/α,β-unsaturated/α-hetero) is 1. The maximum Gasteiger partial charge on any atom is 0.311 e. The molecule has 50 heavy (non-hydrogen) atoms. The zero-order valence-corrected chi connectivity index (χ0v) is 31.2. The average Bonchev–Trinajstić information content (AvgIpc) is 3.04. The van der Waals surface area contributed by atoms with Gasteiger partial charge in [-0.3, -0.25) is 9.59 Å². The number of nitrogens with two attached hydrogens (primary N) is 1. The number of rotatable bonds is 7. The van der Waals surface area contributed by atoms with Crippen LogP contribution in [0.5, 0.6) is 0 Å². The quantitative estimate of drug-likeness (QED) is 0.173. The molecule has 0 aromatic rings. The molecule has 3 aliphatic heterocycles. The van der Waals surface area contributed by atoms with E-state index < -0.39 is 108 Å². The summed E-state index contributed by atoms with van der Waals surface area (Å²) in [6, 6.07) is 0. The van der Waals surface area contributed by atoms with Crippen LogP contribution in [0.1, 0.15) is 88.0 Å². The van der Waals surface area contributed by atoms with E-state index in [1.165, 1.54) is 27.9 Å². The van der Waals surface area contributed by atoms with E-state index in [4.69, 9.17) is 34.2 Å². The minimum Gasteiger partial charge on any atom is -0.459 e. The van der Waals surface area contributed by atoms with Crippen LogP contribution < -0.4 is 5.73 Å². The molecule has 0 amide bonds. The van der Waals surface area contributed by atoms with Crippen LogP contribution in [-0.2, 0) is 38.0 Å². The number of cyclic esters (lactones) is 1. The number of ketones is 1. The molecule has 18 atom stereocenters. The van der Waals surface area contributed by atoms with Crippen LogP contribution in [0.15, 0.2) is 0 Å². The molecule has 0 bridgehead atoms. The van der Waals surface area contributed by atoms with E-state index in [1.807, 2.05) is 13.8 Å². The van der Waals surface area contributed by atoms with Crippen molar-refractivity contribution in [2.24, 2.45) is 29.4 Å². The first kappa shape index (κ1) is 43.1. The van der Waals surface area contributed by atoms with E-state index in [9.17, 15) is 40.2 Å². The lowest BCUT2D eigenvalue weighted by Crippen LogP contribution is -2.61. The van der Waals surface area contributed by atoms with Crippen LogP contribution in [0.4, 0.5) is 0 Å². The summed E-state index contributed by atoms with van der Waals surface area (Å²) < 4.78 is 36.5. The number of hydrogen-bond acceptors (Lipinski definition) is 15. The van der Waals surface area contributed by atoms with Crippen molar-refractivity contribution in [1.82, 2.24) is 0 Å². The third kappa shape index (κ3) is 9.23. The van der Waals surface area contributed by atoms with E-state index in [1.54, 1.807) is 20.8 Å². The first-order valence-corrected chi connectivity index (χ1v) is 17.8. The third-order valence-corrected chi connectivity index (χ3v) is 11.2. The van der Waals surface area contributed by atoms with Crippen molar-refractivity contribution in [3.63, 3.8) is 0 Å². The largest absolute Gasteiger partial charge is 0.459 e. The highest BCUT2D eigenvalue weighted by molar-refractivity contribution is 5.85. The molecule has 15 nitrogen and oxygen atoms in total. The monoisotopic (exact) mass is 721 g/mol. The molecule has 3 aliphatic rings. The Kier molecular flexibility index (Phi) is 14.4. The summed E-state index contributed by atoms with van der Waals surface area (Å²) >= 11 is 0. The molecule has 15 heteroatoms. The lowest BCUT2D eigenvalue weighted by molar-refractivity contribution is -0.317. The van der Waals surface area contributed by atoms with E-state index in [0.29, 0.717) is 6.42 Å². The third-order valence-electron chi connectivity index (χ3n) is 11.2. The van der Waals surface area contributed by atoms with Crippen LogP contribution >= 0.6 is 0 Å². The Morgan fingerprint density at radius 2 is 1.52 bits per heavy atom. The van der Waals surface area contributed by atoms with Gasteiger partial charge in [-0.25, -0.2) is 0 Å². The molecule has 0 aliphatic carbocycles. The fraction of sp³-hybridized carbons (Fsp3) is 0.943. The minimum absolute atomic E-state index is 0.0571. The van der Waals surface area contributed by atoms with Gasteiger partial charge in [0.1, 0.15) is 36.1 Å². The molecule has 0 aromatic carbocycles. The first-order chi connectivity index (χ1) is 23.0. The highest BCUT2D eigenvalue weighted by Crippen LogP contribution is 2.40. The Labute approximate surface area is 295 Å². The molecule has 8 N–H and O–H groups in total. The van der Waals surface area contributed by atoms with Crippen molar-refractivity contribution in [3.05, 3.63) is 0 Å². The summed E-state index contributed by atoms with van der Waals surface area (Å²) in [4.78, 5) is 27.5. The van der Waals surface area contributed by atoms with Crippen molar-refractivity contribution >= 4 is 11.8 Å². The van der Waals surface area contributed by atoms with Gasteiger partial charge in [0.25, 0.3) is 0 Å². The molecular formula is C35H63NO14. The van der Waals surface area contributed by atoms with Gasteiger partial charge in [-0.15, -0.1) is 0 Å². The molecule has 0 spiro atoms. The van der Waals surface area contributed by atoms with E-state index in [-0.39, 0.29) is 37.8 Å². The van der Waals surface area contributed by atoms with Crippen LogP contribution in [0.3, 0.4) is 0 Å². The minimum atomic E-state index is -2.32. The van der Waals surface area contributed by atoms with E-state index >= 15 is 0 Å². The molecular weight excluding hydrogens is 658 g/mol. The number of aliphatic hydroxyl groups is 6. The molecule has 0 radical (unpaired) electrons. The van der Waals surface area contributed by atoms with Gasteiger partial charge in [-0.1, -0.05) is 20.8 Å². The molecule has 292 valence electrons. The number of hydrogen-bond donors (Lipinski definition) is 7. The van der Waals surface area contributed by atoms with Crippen LogP contribution in [0, 0.1) is 23.7 Å². The zero-order valence-electron chi connectivity index (χ0n) is 31.2. The van der Waals surface area contributed by atoms with Gasteiger partial charge in [-0.2, -0.15) is 0 Å². The molecule has 3 saturated heterocycles. The predicted molar refractivity (Wildman–Crippen MR) is 178 cm³/mol. The highest BCUT2D eigenvalue weighted by atomic mass is 16.7. The summed E-state index contributed by atoms with van der Waals surface area (Å²) in [6.45, 7) is 14.2. The van der Waals surface area contributed by atoms with Crippen molar-refractivity contribution in [1.29, 1.82) is 0 Å². The van der Waals surface area contributed by atoms with Crippen molar-refractivity contribution < 1.29 is 68.6 Å². The Balaban J connectivity index is 2.18. The molecule has 3 fully saturated rings. The lowest BCUT2D eigenvalue weighted by atomic mass is 9.75. The van der Waals surface area contributed by atoms with Gasteiger partial charge in [0.2, 0.25) is 0 Å². The summed E-state index contributed by atoms with van der Waals surface area (Å²) in [6.07, 6.45) is -13.2. The van der Waals surface area contributed by atoms with E-state index in [0.717, 1.165) is 6.92 Å². The summed E-state index contributed by atoms with van der Waals surface area (Å²) in [5.41, 5.74) is 0.496. The lowest BCUT2D eigenvalue weighted by Gasteiger charge is -2.48. The van der Waals surface area contributed by atoms with Crippen LogP contribution in [0.2, 0.25) is 0 Å². The number of carbonyl (C=O) groups excluding carboxylic acids is 2. The summed E-state index contributed by atoms with van der Waals surface area (Å²) in [5.74, 6) is -5.12. The molecule has 0 saturated carbocycles. The van der Waals surface area contributed by atoms with E-state index in [2.05, 4.69) is 0 Å². The maximum atomic E-state index is 14.0. The fourth-order valence-electron chi connectivity index (χ4n) is 7.83. The summed E-state index contributed by atoms with van der Waals surface area (Å²) in [7, 11) is 1.46. The second-order valence-corrected chi connectivity index (χ2v) is 15.7. The first-order valence-electron chi connectivity index (χ1n) is 17.8. The average molecular weight is 722 g/mol. The van der Waals surface area contributed by atoms with Crippen molar-refractivity contribution in [2.45, 2.75) is 172 Å². The van der Waals surface area contributed by atoms with Gasteiger partial charge < -0.3 is 64.8 Å². The topological polar surface area (TPSA) is 237 Å². The molecule has 3 rings (SSSR count). The summed E-state index contributed by atoms with van der Waals surface area (Å²) in [5, 5.41) is 67.7. The van der Waals surface area contributed by atoms with Gasteiger partial charge in [-0.05, 0) is 73.3 Å². The molecule has 15 unspecified atom stereocenters. The smallest absolute Gasteiger partial charge is 0.311 e. The van der Waals surface area contributed by atoms with Gasteiger partial charge in [0.05, 0.1) is 41.5 Å². The highest BCUT2D eigenvalue weighted by Gasteiger charge is 2.53. The van der Waals surface area contributed by atoms with Crippen LogP contribution in [0.25, 0.3) is 0 Å². The second-order valence-electron chi connectivity index (χ2n) is 15.7. The molecule has 0 aromatic heterocycles. The standard InChI is InChI=1S/C35H63NO14/c1-16-13-18(3)46-32(25(16)38)50-30-19(4)27(49-23-15-34(8,45-10)28(40)21(6)47-23)20(5)31(42)48-22(11-12-36)35(9,44)29(41)26(39)24(37)17(2)14-33(30,7)43/h16-23,25-30,32,38-41,43-44H,11-15,36H2,1-10H3/t16?,17-,18?,19+,20?,21?,22-,23?,25?,26?,27?,28?,29?,30?,32?,33?,34?,35?/m1/s1. The Morgan fingerprint density at radius 3 is 2.10 bits per heavy atom. The number of aliphatic hydroxyl groups excluding tert-OH is 4. The number of ether oxygens (including phenoxy) is 6. The fourth-order valence-corrected chi connectivity index (χ4v) is 7.83. The number of carbonyl (C=O) groups is 2. The zero-order chi connectivity index (χ0) is 38.1. The Hall–Kier alpha value is -1.34. The normalized spacial score (nSPS) is 50.4. The van der Waals surface area contributed by atoms with Gasteiger partial charge in [0.15, 0.2) is 18.4 Å². The number of methoxy groups -OCH3 is 1. The van der Waals surface area contributed by atoms with Gasteiger partial charge >= 0.3 is 5.97 Å². The predicted octanol–water partition coefficient (Wildman–Crippen LogP) is 0.155. The Bertz CT molecular complexity index is 1140. The Morgan fingerprint density at radius 1 is 0.900 bits per heavy atom. The SMILES string of the molecule is COC1(C)CC(OC2C(C)C(=O)O[C@H](CCN)C(C)(O)C(O)C(O)C(=O)[C@H](C)CC(C)(O)C(OC3OC(C)CC(C)C3O)[C@H]2C)OC(C)C1O. The van der Waals surface area contributed by atoms with Crippen molar-refractivity contribution in [3.8, 4) is 0 Å².